The summed E-state index contributed by atoms with van der Waals surface area (Å²) in [5.74, 6) is -0.215. The average molecular weight is 329 g/mol. The highest BCUT2D eigenvalue weighted by Gasteiger charge is 2.26. The van der Waals surface area contributed by atoms with Gasteiger partial charge in [0.25, 0.3) is 0 Å². The van der Waals surface area contributed by atoms with Gasteiger partial charge in [0.15, 0.2) is 0 Å². The summed E-state index contributed by atoms with van der Waals surface area (Å²) >= 11 is 6.09. The zero-order valence-corrected chi connectivity index (χ0v) is 14.2. The van der Waals surface area contributed by atoms with Gasteiger partial charge in [-0.15, -0.1) is 0 Å². The molecule has 2 rings (SSSR count). The topological polar surface area (TPSA) is 26.7 Å². The molecule has 0 aromatic heterocycles. The molecule has 1 aromatic carbocycles. The summed E-state index contributed by atoms with van der Waals surface area (Å²) in [7, 11) is 0. The van der Waals surface area contributed by atoms with Crippen LogP contribution in [0.25, 0.3) is 0 Å². The fraction of sp³-hybridized carbons (Fsp3) is 0.647. The van der Waals surface area contributed by atoms with Crippen molar-refractivity contribution < 1.29 is 9.50 Å². The Hall–Kier alpha value is -0.680. The lowest BCUT2D eigenvalue weighted by molar-refractivity contribution is 0.0370. The molecule has 3 nitrogen and oxygen atoms in total. The predicted molar refractivity (Wildman–Crippen MR) is 88.9 cm³/mol. The summed E-state index contributed by atoms with van der Waals surface area (Å²) < 4.78 is 13.8. The van der Waals surface area contributed by atoms with Crippen LogP contribution in [0.15, 0.2) is 18.2 Å². The SMILES string of the molecule is CC[C@H]1CN(CCc2c(F)cccc2Cl)CCN1C[C@@H](C)O. The lowest BCUT2D eigenvalue weighted by Crippen LogP contribution is -2.54. The van der Waals surface area contributed by atoms with Crippen molar-refractivity contribution in [1.82, 2.24) is 9.80 Å². The molecule has 124 valence electrons. The monoisotopic (exact) mass is 328 g/mol. The zero-order valence-electron chi connectivity index (χ0n) is 13.4. The highest BCUT2D eigenvalue weighted by molar-refractivity contribution is 6.31. The van der Waals surface area contributed by atoms with Crippen LogP contribution in [0.1, 0.15) is 25.8 Å². The van der Waals surface area contributed by atoms with Gasteiger partial charge in [0, 0.05) is 49.4 Å². The second-order valence-electron chi connectivity index (χ2n) is 6.16. The Balaban J connectivity index is 1.90. The van der Waals surface area contributed by atoms with Gasteiger partial charge >= 0.3 is 0 Å². The van der Waals surface area contributed by atoms with E-state index in [1.54, 1.807) is 12.1 Å². The Morgan fingerprint density at radius 3 is 2.82 bits per heavy atom. The van der Waals surface area contributed by atoms with Gasteiger partial charge < -0.3 is 10.0 Å². The van der Waals surface area contributed by atoms with E-state index in [1.807, 2.05) is 6.92 Å². The number of rotatable bonds is 6. The van der Waals surface area contributed by atoms with Gasteiger partial charge in [-0.05, 0) is 31.9 Å². The van der Waals surface area contributed by atoms with Crippen LogP contribution in [0.2, 0.25) is 5.02 Å². The molecule has 1 heterocycles. The molecule has 1 N–H and O–H groups in total. The Bertz CT molecular complexity index is 463. The van der Waals surface area contributed by atoms with Crippen LogP contribution in [-0.2, 0) is 6.42 Å². The van der Waals surface area contributed by atoms with E-state index in [4.69, 9.17) is 11.6 Å². The van der Waals surface area contributed by atoms with E-state index in [1.165, 1.54) is 6.07 Å². The third kappa shape index (κ3) is 4.66. The summed E-state index contributed by atoms with van der Waals surface area (Å²) in [5, 5.41) is 10.1. The van der Waals surface area contributed by atoms with Crippen LogP contribution < -0.4 is 0 Å². The third-order valence-corrected chi connectivity index (χ3v) is 4.75. The van der Waals surface area contributed by atoms with Gasteiger partial charge in [0.05, 0.1) is 6.10 Å². The van der Waals surface area contributed by atoms with Crippen molar-refractivity contribution in [2.45, 2.75) is 38.8 Å². The van der Waals surface area contributed by atoms with Crippen molar-refractivity contribution in [1.29, 1.82) is 0 Å². The molecule has 0 aliphatic carbocycles. The smallest absolute Gasteiger partial charge is 0.127 e. The van der Waals surface area contributed by atoms with Crippen LogP contribution in [0.5, 0.6) is 0 Å². The number of benzene rings is 1. The first-order chi connectivity index (χ1) is 10.5. The molecule has 22 heavy (non-hydrogen) atoms. The molecule has 0 unspecified atom stereocenters. The molecular formula is C17H26ClFN2O. The van der Waals surface area contributed by atoms with E-state index < -0.39 is 0 Å². The molecule has 1 saturated heterocycles. The Morgan fingerprint density at radius 2 is 2.18 bits per heavy atom. The van der Waals surface area contributed by atoms with Crippen LogP contribution in [-0.4, -0.2) is 59.8 Å². The summed E-state index contributed by atoms with van der Waals surface area (Å²) in [6.45, 7) is 8.43. The maximum atomic E-state index is 13.8. The Kier molecular flexibility index (Phi) is 6.63. The molecule has 5 heteroatoms. The number of hydrogen-bond acceptors (Lipinski definition) is 3. The van der Waals surface area contributed by atoms with Gasteiger partial charge in [-0.25, -0.2) is 4.39 Å². The van der Waals surface area contributed by atoms with Gasteiger partial charge in [-0.2, -0.15) is 0 Å². The number of aliphatic hydroxyl groups excluding tert-OH is 1. The van der Waals surface area contributed by atoms with Crippen molar-refractivity contribution >= 4 is 11.6 Å². The van der Waals surface area contributed by atoms with E-state index in [9.17, 15) is 9.50 Å². The van der Waals surface area contributed by atoms with Crippen molar-refractivity contribution in [2.24, 2.45) is 0 Å². The molecule has 2 atom stereocenters. The maximum absolute atomic E-state index is 13.8. The Labute approximate surface area is 137 Å². The van der Waals surface area contributed by atoms with Crippen molar-refractivity contribution in [3.05, 3.63) is 34.6 Å². The molecule has 1 aromatic rings. The standard InChI is InChI=1S/C17H26ClFN2O/c1-3-14-12-20(9-10-21(14)11-13(2)22)8-7-15-16(18)5-4-6-17(15)19/h4-6,13-14,22H,3,7-12H2,1-2H3/t13-,14+/m1/s1. The van der Waals surface area contributed by atoms with Crippen molar-refractivity contribution in [3.8, 4) is 0 Å². The molecular weight excluding hydrogens is 303 g/mol. The lowest BCUT2D eigenvalue weighted by atomic mass is 10.1. The highest BCUT2D eigenvalue weighted by Crippen LogP contribution is 2.20. The summed E-state index contributed by atoms with van der Waals surface area (Å²) in [6.07, 6.45) is 1.40. The molecule has 1 fully saturated rings. The zero-order chi connectivity index (χ0) is 16.1. The van der Waals surface area contributed by atoms with Gasteiger partial charge in [0.2, 0.25) is 0 Å². The number of halogens is 2. The summed E-state index contributed by atoms with van der Waals surface area (Å²) in [5.41, 5.74) is 0.614. The summed E-state index contributed by atoms with van der Waals surface area (Å²) in [6, 6.07) is 5.31. The molecule has 0 bridgehead atoms. The van der Waals surface area contributed by atoms with Crippen molar-refractivity contribution in [3.63, 3.8) is 0 Å². The largest absolute Gasteiger partial charge is 0.392 e. The minimum Gasteiger partial charge on any atom is -0.392 e. The van der Waals surface area contributed by atoms with Crippen LogP contribution in [0, 0.1) is 5.82 Å². The second-order valence-corrected chi connectivity index (χ2v) is 6.56. The normalized spacial score (nSPS) is 22.0. The van der Waals surface area contributed by atoms with E-state index in [0.29, 0.717) is 23.0 Å². The molecule has 0 amide bonds. The average Bonchev–Trinajstić information content (AvgIpc) is 2.47. The minimum atomic E-state index is -0.294. The molecule has 1 aliphatic rings. The first kappa shape index (κ1) is 17.7. The third-order valence-electron chi connectivity index (χ3n) is 4.40. The summed E-state index contributed by atoms with van der Waals surface area (Å²) in [4.78, 5) is 4.73. The minimum absolute atomic E-state index is 0.215. The number of nitrogens with zero attached hydrogens (tertiary/aromatic N) is 2. The van der Waals surface area contributed by atoms with E-state index >= 15 is 0 Å². The fourth-order valence-corrected chi connectivity index (χ4v) is 3.43. The van der Waals surface area contributed by atoms with Gasteiger partial charge in [-0.3, -0.25) is 4.90 Å². The molecule has 0 saturated carbocycles. The molecule has 0 spiro atoms. The first-order valence-corrected chi connectivity index (χ1v) is 8.46. The maximum Gasteiger partial charge on any atom is 0.127 e. The number of β-amino-alcohol motifs (C(OH)–C–C–N with tert-alkyl or cyclic N) is 1. The van der Waals surface area contributed by atoms with E-state index in [-0.39, 0.29) is 11.9 Å². The first-order valence-electron chi connectivity index (χ1n) is 8.08. The Morgan fingerprint density at radius 1 is 1.41 bits per heavy atom. The van der Waals surface area contributed by atoms with Crippen LogP contribution in [0.3, 0.4) is 0 Å². The predicted octanol–water partition coefficient (Wildman–Crippen LogP) is 2.80. The van der Waals surface area contributed by atoms with Crippen LogP contribution in [0.4, 0.5) is 4.39 Å². The number of piperazine rings is 1. The van der Waals surface area contributed by atoms with Gasteiger partial charge in [-0.1, -0.05) is 24.6 Å². The van der Waals surface area contributed by atoms with E-state index in [0.717, 1.165) is 39.1 Å². The fourth-order valence-electron chi connectivity index (χ4n) is 3.17. The number of aliphatic hydroxyl groups is 1. The highest BCUT2D eigenvalue weighted by atomic mass is 35.5. The molecule has 0 radical (unpaired) electrons. The lowest BCUT2D eigenvalue weighted by Gasteiger charge is -2.41. The van der Waals surface area contributed by atoms with Crippen LogP contribution >= 0.6 is 11.6 Å². The van der Waals surface area contributed by atoms with Crippen molar-refractivity contribution in [2.75, 3.05) is 32.7 Å². The number of hydrogen-bond donors (Lipinski definition) is 1. The van der Waals surface area contributed by atoms with Gasteiger partial charge in [0.1, 0.15) is 5.82 Å². The quantitative estimate of drug-likeness (QED) is 0.870. The second kappa shape index (κ2) is 8.25. The van der Waals surface area contributed by atoms with E-state index in [2.05, 4.69) is 16.7 Å². The molecule has 1 aliphatic heterocycles.